The molecule has 0 saturated heterocycles. The molecular weight excluding hydrogens is 338 g/mol. The first-order chi connectivity index (χ1) is 12.3. The number of Topliss-reactive ketones (excluding diaryl/α,β-unsaturated/α-hetero) is 1. The smallest absolute Gasteiger partial charge is 0.245 e. The molecule has 1 aliphatic carbocycles. The van der Waals surface area contributed by atoms with Crippen LogP contribution in [0.1, 0.15) is 17.5 Å². The minimum absolute atomic E-state index is 0.0253. The summed E-state index contributed by atoms with van der Waals surface area (Å²) in [4.78, 5) is 28.8. The second-order valence-corrected chi connectivity index (χ2v) is 13.3. The summed E-state index contributed by atoms with van der Waals surface area (Å²) in [6.07, 6.45) is 0.468. The minimum atomic E-state index is -1.94. The van der Waals surface area contributed by atoms with Crippen molar-refractivity contribution in [2.24, 2.45) is 0 Å². The molecule has 26 heavy (non-hydrogen) atoms. The molecular formula is C22H23NO2Si. The average Bonchev–Trinajstić information content (AvgIpc) is 3.05. The van der Waals surface area contributed by atoms with Crippen LogP contribution in [-0.2, 0) is 15.0 Å². The Kier molecular flexibility index (Phi) is 3.60. The summed E-state index contributed by atoms with van der Waals surface area (Å²) in [6, 6.07) is 17.8. The Hall–Kier alpha value is -2.46. The fourth-order valence-electron chi connectivity index (χ4n) is 4.49. The first-order valence-electron chi connectivity index (χ1n) is 9.00. The lowest BCUT2D eigenvalue weighted by Crippen LogP contribution is -2.45. The normalized spacial score (nSPS) is 22.5. The van der Waals surface area contributed by atoms with Crippen molar-refractivity contribution in [1.82, 2.24) is 0 Å². The Morgan fingerprint density at radius 1 is 0.923 bits per heavy atom. The van der Waals surface area contributed by atoms with Crippen molar-refractivity contribution >= 4 is 31.0 Å². The topological polar surface area (TPSA) is 37.4 Å². The van der Waals surface area contributed by atoms with E-state index in [1.165, 1.54) is 0 Å². The van der Waals surface area contributed by atoms with Crippen LogP contribution in [0.5, 0.6) is 0 Å². The van der Waals surface area contributed by atoms with Crippen LogP contribution in [0.2, 0.25) is 19.6 Å². The molecule has 0 bridgehead atoms. The first kappa shape index (κ1) is 17.0. The lowest BCUT2D eigenvalue weighted by Gasteiger charge is -2.24. The van der Waals surface area contributed by atoms with E-state index in [-0.39, 0.29) is 11.7 Å². The van der Waals surface area contributed by atoms with Gasteiger partial charge < -0.3 is 4.90 Å². The van der Waals surface area contributed by atoms with Crippen LogP contribution in [0.15, 0.2) is 59.8 Å². The van der Waals surface area contributed by atoms with Crippen molar-refractivity contribution in [2.75, 3.05) is 11.9 Å². The molecule has 2 aromatic rings. The van der Waals surface area contributed by atoms with Crippen LogP contribution in [-0.4, -0.2) is 26.8 Å². The highest BCUT2D eigenvalue weighted by atomic mass is 28.3. The molecule has 0 radical (unpaired) electrons. The number of likely N-dealkylation sites (N-methyl/N-ethyl adjacent to an activating group) is 1. The van der Waals surface area contributed by atoms with E-state index < -0.39 is 13.5 Å². The maximum Gasteiger partial charge on any atom is 0.245 e. The molecule has 0 N–H and O–H groups in total. The summed E-state index contributed by atoms with van der Waals surface area (Å²) in [5.41, 5.74) is 2.77. The van der Waals surface area contributed by atoms with E-state index in [2.05, 4.69) is 31.8 Å². The molecule has 1 atom stereocenters. The van der Waals surface area contributed by atoms with Gasteiger partial charge >= 0.3 is 0 Å². The Balaban J connectivity index is 1.97. The van der Waals surface area contributed by atoms with Crippen molar-refractivity contribution in [1.29, 1.82) is 0 Å². The zero-order chi connectivity index (χ0) is 18.7. The Morgan fingerprint density at radius 3 is 2.19 bits per heavy atom. The molecule has 0 aromatic heterocycles. The highest BCUT2D eigenvalue weighted by molar-refractivity contribution is 6.89. The molecule has 1 spiro atoms. The van der Waals surface area contributed by atoms with Gasteiger partial charge in [-0.2, -0.15) is 0 Å². The van der Waals surface area contributed by atoms with Crippen molar-refractivity contribution in [3.63, 3.8) is 0 Å². The molecule has 1 amide bonds. The number of rotatable bonds is 2. The summed E-state index contributed by atoms with van der Waals surface area (Å²) in [7, 11) is -0.164. The largest absolute Gasteiger partial charge is 0.314 e. The van der Waals surface area contributed by atoms with Gasteiger partial charge in [0.15, 0.2) is 5.78 Å². The van der Waals surface area contributed by atoms with Crippen LogP contribution in [0, 0.1) is 0 Å². The zero-order valence-electron chi connectivity index (χ0n) is 15.7. The molecule has 2 aromatic carbocycles. The summed E-state index contributed by atoms with van der Waals surface area (Å²) >= 11 is 0. The standard InChI is InChI=1S/C22H23NO2Si/c1-23-18-13-9-8-12-17(18)22(21(23)25)14-16(15-10-6-5-7-11-15)19(20(22)24)26(2,3)4/h5-13H,14H2,1-4H3/t22-/m0/s1. The van der Waals surface area contributed by atoms with Crippen LogP contribution in [0.25, 0.3) is 5.57 Å². The van der Waals surface area contributed by atoms with Crippen molar-refractivity contribution in [2.45, 2.75) is 31.5 Å². The van der Waals surface area contributed by atoms with Gasteiger partial charge in [-0.1, -0.05) is 68.2 Å². The Morgan fingerprint density at radius 2 is 1.54 bits per heavy atom. The van der Waals surface area contributed by atoms with Crippen molar-refractivity contribution in [3.8, 4) is 0 Å². The summed E-state index contributed by atoms with van der Waals surface area (Å²) in [5.74, 6) is -0.0669. The van der Waals surface area contributed by atoms with E-state index in [0.717, 1.165) is 27.6 Å². The minimum Gasteiger partial charge on any atom is -0.314 e. The highest BCUT2D eigenvalue weighted by Crippen LogP contribution is 2.54. The Bertz CT molecular complexity index is 956. The average molecular weight is 362 g/mol. The third-order valence-electron chi connectivity index (χ3n) is 5.63. The van der Waals surface area contributed by atoms with Gasteiger partial charge in [-0.05, 0) is 34.4 Å². The van der Waals surface area contributed by atoms with Crippen LogP contribution < -0.4 is 4.90 Å². The lowest BCUT2D eigenvalue weighted by molar-refractivity contribution is -0.130. The number of para-hydroxylation sites is 1. The number of benzene rings is 2. The van der Waals surface area contributed by atoms with E-state index in [0.29, 0.717) is 6.42 Å². The van der Waals surface area contributed by atoms with Gasteiger partial charge in [-0.3, -0.25) is 9.59 Å². The number of hydrogen-bond acceptors (Lipinski definition) is 2. The zero-order valence-corrected chi connectivity index (χ0v) is 16.7. The third-order valence-corrected chi connectivity index (χ3v) is 7.65. The summed E-state index contributed by atoms with van der Waals surface area (Å²) < 4.78 is 0. The number of carbonyl (C=O) groups excluding carboxylic acids is 2. The van der Waals surface area contributed by atoms with Crippen LogP contribution in [0.4, 0.5) is 5.69 Å². The van der Waals surface area contributed by atoms with Gasteiger partial charge in [0.2, 0.25) is 5.91 Å². The molecule has 0 unspecified atom stereocenters. The van der Waals surface area contributed by atoms with Gasteiger partial charge in [-0.25, -0.2) is 0 Å². The number of carbonyl (C=O) groups is 2. The molecule has 4 rings (SSSR count). The molecule has 1 aliphatic heterocycles. The quantitative estimate of drug-likeness (QED) is 0.594. The Labute approximate surface area is 155 Å². The van der Waals surface area contributed by atoms with Crippen LogP contribution >= 0.6 is 0 Å². The maximum atomic E-state index is 13.8. The van der Waals surface area contributed by atoms with Gasteiger partial charge in [-0.15, -0.1) is 0 Å². The predicted molar refractivity (Wildman–Crippen MR) is 108 cm³/mol. The van der Waals surface area contributed by atoms with Gasteiger partial charge in [0.1, 0.15) is 5.41 Å². The SMILES string of the molecule is CN1C(=O)[C@@]2(CC(c3ccccc3)=C([Si](C)(C)C)C2=O)c2ccccc21. The number of anilines is 1. The number of fused-ring (bicyclic) bond motifs is 2. The third kappa shape index (κ3) is 2.11. The van der Waals surface area contributed by atoms with Crippen molar-refractivity contribution < 1.29 is 9.59 Å². The van der Waals surface area contributed by atoms with Crippen molar-refractivity contribution in [3.05, 3.63) is 70.9 Å². The molecule has 4 heteroatoms. The summed E-state index contributed by atoms with van der Waals surface area (Å²) in [5, 5.41) is 0.919. The number of nitrogens with zero attached hydrogens (tertiary/aromatic N) is 1. The van der Waals surface area contributed by atoms with E-state index in [1.54, 1.807) is 11.9 Å². The van der Waals surface area contributed by atoms with E-state index in [9.17, 15) is 9.59 Å². The first-order valence-corrected chi connectivity index (χ1v) is 12.5. The molecule has 3 nitrogen and oxygen atoms in total. The van der Waals surface area contributed by atoms with E-state index in [1.807, 2.05) is 42.5 Å². The molecule has 0 saturated carbocycles. The molecule has 0 fully saturated rings. The predicted octanol–water partition coefficient (Wildman–Crippen LogP) is 4.20. The number of ketones is 1. The lowest BCUT2D eigenvalue weighted by atomic mass is 9.77. The van der Waals surface area contributed by atoms with Crippen LogP contribution in [0.3, 0.4) is 0 Å². The number of hydrogen-bond donors (Lipinski definition) is 0. The molecule has 1 heterocycles. The molecule has 132 valence electrons. The second-order valence-electron chi connectivity index (χ2n) is 8.26. The monoisotopic (exact) mass is 361 g/mol. The number of allylic oxidation sites excluding steroid dienone is 2. The maximum absolute atomic E-state index is 13.8. The fraction of sp³-hybridized carbons (Fsp3) is 0.273. The molecule has 2 aliphatic rings. The summed E-state index contributed by atoms with van der Waals surface area (Å²) in [6.45, 7) is 6.58. The number of amides is 1. The van der Waals surface area contributed by atoms with Gasteiger partial charge in [0.05, 0.1) is 8.07 Å². The van der Waals surface area contributed by atoms with Gasteiger partial charge in [0.25, 0.3) is 0 Å². The highest BCUT2D eigenvalue weighted by Gasteiger charge is 2.61. The van der Waals surface area contributed by atoms with Gasteiger partial charge in [0, 0.05) is 12.7 Å². The van der Waals surface area contributed by atoms with E-state index >= 15 is 0 Å². The fourth-order valence-corrected chi connectivity index (χ4v) is 6.52. The van der Waals surface area contributed by atoms with E-state index in [4.69, 9.17) is 0 Å². The second kappa shape index (κ2) is 5.51.